The second kappa shape index (κ2) is 30.5. The minimum Gasteiger partial charge on any atom is -0.465 e. The normalized spacial score (nSPS) is 15.1. The second-order valence-corrected chi connectivity index (χ2v) is 16.3. The lowest BCUT2D eigenvalue weighted by Crippen LogP contribution is -2.51. The van der Waals surface area contributed by atoms with Gasteiger partial charge in [0.25, 0.3) is 0 Å². The summed E-state index contributed by atoms with van der Waals surface area (Å²) in [4.78, 5) is 45.2. The molecule has 0 spiro atoms. The first-order valence-corrected chi connectivity index (χ1v) is 21.8. The van der Waals surface area contributed by atoms with Crippen LogP contribution in [-0.4, -0.2) is 104 Å². The summed E-state index contributed by atoms with van der Waals surface area (Å²) >= 11 is 0. The third-order valence-corrected chi connectivity index (χ3v) is 10.3. The van der Waals surface area contributed by atoms with Gasteiger partial charge >= 0.3 is 18.0 Å². The van der Waals surface area contributed by atoms with Gasteiger partial charge in [-0.2, -0.15) is 0 Å². The van der Waals surface area contributed by atoms with E-state index in [0.717, 1.165) is 129 Å². The van der Waals surface area contributed by atoms with Crippen LogP contribution in [0.4, 0.5) is 4.79 Å². The predicted octanol–water partition coefficient (Wildman–Crippen LogP) is 10.0. The van der Waals surface area contributed by atoms with Crippen LogP contribution in [0.3, 0.4) is 0 Å². The Balaban J connectivity index is 2.60. The minimum absolute atomic E-state index is 0.000214. The summed E-state index contributed by atoms with van der Waals surface area (Å²) in [5.74, 6) is 0.0851. The Morgan fingerprint density at radius 3 is 1.42 bits per heavy atom. The molecule has 9 heteroatoms. The summed E-state index contributed by atoms with van der Waals surface area (Å²) in [5, 5.41) is 0. The lowest BCUT2D eigenvalue weighted by Gasteiger charge is -2.36. The maximum absolute atomic E-state index is 12.9. The van der Waals surface area contributed by atoms with Gasteiger partial charge in [0, 0.05) is 39.3 Å². The van der Waals surface area contributed by atoms with Crippen molar-refractivity contribution in [1.82, 2.24) is 14.7 Å². The molecule has 0 N–H and O–H groups in total. The maximum Gasteiger partial charge on any atom is 0.410 e. The Kier molecular flexibility index (Phi) is 28.2. The van der Waals surface area contributed by atoms with E-state index in [0.29, 0.717) is 26.3 Å². The second-order valence-electron chi connectivity index (χ2n) is 16.3. The van der Waals surface area contributed by atoms with Crippen molar-refractivity contribution in [3.63, 3.8) is 0 Å². The zero-order valence-electron chi connectivity index (χ0n) is 35.2. The van der Waals surface area contributed by atoms with Crippen LogP contribution in [0.15, 0.2) is 0 Å². The lowest BCUT2D eigenvalue weighted by molar-refractivity contribution is -0.150. The fraction of sp³-hybridized carbons (Fsp3) is 0.930. The fourth-order valence-corrected chi connectivity index (χ4v) is 6.85. The van der Waals surface area contributed by atoms with Crippen LogP contribution in [0.25, 0.3) is 0 Å². The molecule has 52 heavy (non-hydrogen) atoms. The highest BCUT2D eigenvalue weighted by Crippen LogP contribution is 2.21. The molecule has 0 aromatic carbocycles. The molecule has 0 aromatic heterocycles. The molecular formula is C43H83N3O6. The third-order valence-electron chi connectivity index (χ3n) is 10.3. The molecular weight excluding hydrogens is 654 g/mol. The number of carbonyl (C=O) groups excluding carboxylic acids is 3. The van der Waals surface area contributed by atoms with E-state index >= 15 is 0 Å². The Hall–Kier alpha value is -1.87. The number of esters is 2. The SMILES string of the molecule is CCCCCCC(CCCC)C(=O)OCCCCN(CCCCOC(=O)C(CCCC)CCCCCC)CCN1CCN(C(=O)OC(C)(C)C)CC1. The summed E-state index contributed by atoms with van der Waals surface area (Å²) in [6.07, 6.45) is 21.1. The van der Waals surface area contributed by atoms with Crippen LogP contribution in [0.2, 0.25) is 0 Å². The van der Waals surface area contributed by atoms with E-state index in [2.05, 4.69) is 37.5 Å². The smallest absolute Gasteiger partial charge is 0.410 e. The molecule has 2 atom stereocenters. The Morgan fingerprint density at radius 1 is 0.558 bits per heavy atom. The van der Waals surface area contributed by atoms with E-state index in [1.807, 2.05) is 25.7 Å². The molecule has 0 aliphatic carbocycles. The van der Waals surface area contributed by atoms with Gasteiger partial charge in [-0.25, -0.2) is 4.79 Å². The van der Waals surface area contributed by atoms with Crippen molar-refractivity contribution in [2.24, 2.45) is 11.8 Å². The lowest BCUT2D eigenvalue weighted by atomic mass is 9.95. The molecule has 9 nitrogen and oxygen atoms in total. The van der Waals surface area contributed by atoms with Gasteiger partial charge in [0.05, 0.1) is 25.0 Å². The highest BCUT2D eigenvalue weighted by atomic mass is 16.6. The van der Waals surface area contributed by atoms with Gasteiger partial charge in [0.15, 0.2) is 0 Å². The number of nitrogens with zero attached hydrogens (tertiary/aromatic N) is 3. The molecule has 1 amide bonds. The predicted molar refractivity (Wildman–Crippen MR) is 215 cm³/mol. The van der Waals surface area contributed by atoms with Crippen molar-refractivity contribution < 1.29 is 28.6 Å². The molecule has 1 fully saturated rings. The van der Waals surface area contributed by atoms with Crippen LogP contribution in [0.5, 0.6) is 0 Å². The number of rotatable bonds is 31. The van der Waals surface area contributed by atoms with E-state index in [-0.39, 0.29) is 29.9 Å². The highest BCUT2D eigenvalue weighted by Gasteiger charge is 2.26. The number of carbonyl (C=O) groups is 3. The number of amides is 1. The van der Waals surface area contributed by atoms with E-state index in [1.54, 1.807) is 0 Å². The quantitative estimate of drug-likeness (QED) is 0.0395. The monoisotopic (exact) mass is 738 g/mol. The van der Waals surface area contributed by atoms with Gasteiger partial charge in [-0.05, 0) is 85.2 Å². The van der Waals surface area contributed by atoms with Crippen molar-refractivity contribution in [2.45, 2.75) is 182 Å². The molecule has 0 aromatic rings. The van der Waals surface area contributed by atoms with Crippen molar-refractivity contribution in [1.29, 1.82) is 0 Å². The molecule has 1 saturated heterocycles. The van der Waals surface area contributed by atoms with Crippen molar-refractivity contribution in [2.75, 3.05) is 65.6 Å². The van der Waals surface area contributed by atoms with Crippen LogP contribution >= 0.6 is 0 Å². The van der Waals surface area contributed by atoms with Crippen LogP contribution in [0, 0.1) is 11.8 Å². The molecule has 1 aliphatic rings. The van der Waals surface area contributed by atoms with Crippen LogP contribution < -0.4 is 0 Å². The topological polar surface area (TPSA) is 88.6 Å². The fourth-order valence-electron chi connectivity index (χ4n) is 6.85. The molecule has 0 radical (unpaired) electrons. The number of unbranched alkanes of at least 4 members (excludes halogenated alkanes) is 10. The van der Waals surface area contributed by atoms with Crippen molar-refractivity contribution >= 4 is 18.0 Å². The maximum atomic E-state index is 12.9. The molecule has 0 bridgehead atoms. The van der Waals surface area contributed by atoms with E-state index in [4.69, 9.17) is 14.2 Å². The van der Waals surface area contributed by atoms with Gasteiger partial charge in [0.2, 0.25) is 0 Å². The minimum atomic E-state index is -0.485. The number of hydrogen-bond donors (Lipinski definition) is 0. The van der Waals surface area contributed by atoms with Crippen LogP contribution in [0.1, 0.15) is 177 Å². The van der Waals surface area contributed by atoms with Crippen LogP contribution in [-0.2, 0) is 23.8 Å². The van der Waals surface area contributed by atoms with Gasteiger partial charge in [0.1, 0.15) is 5.60 Å². The molecule has 2 unspecified atom stereocenters. The summed E-state index contributed by atoms with van der Waals surface area (Å²) in [7, 11) is 0. The number of piperazine rings is 1. The van der Waals surface area contributed by atoms with Gasteiger partial charge < -0.3 is 24.0 Å². The first-order chi connectivity index (χ1) is 25.0. The molecule has 0 saturated carbocycles. The number of hydrogen-bond acceptors (Lipinski definition) is 8. The molecule has 1 aliphatic heterocycles. The average molecular weight is 738 g/mol. The van der Waals surface area contributed by atoms with E-state index in [1.165, 1.54) is 38.5 Å². The third kappa shape index (κ3) is 24.4. The largest absolute Gasteiger partial charge is 0.465 e. The zero-order chi connectivity index (χ0) is 38.5. The van der Waals surface area contributed by atoms with Gasteiger partial charge in [-0.1, -0.05) is 105 Å². The van der Waals surface area contributed by atoms with Gasteiger partial charge in [-0.3, -0.25) is 14.5 Å². The summed E-state index contributed by atoms with van der Waals surface area (Å²) in [6, 6.07) is 0. The zero-order valence-corrected chi connectivity index (χ0v) is 35.2. The Bertz CT molecular complexity index is 856. The summed E-state index contributed by atoms with van der Waals surface area (Å²) < 4.78 is 17.2. The Morgan fingerprint density at radius 2 is 1.00 bits per heavy atom. The molecule has 1 rings (SSSR count). The molecule has 306 valence electrons. The first-order valence-electron chi connectivity index (χ1n) is 21.8. The average Bonchev–Trinajstić information content (AvgIpc) is 3.11. The standard InChI is InChI=1S/C43H83N3O6/c1-8-12-16-18-26-38(24-14-10-3)40(47)50-36-22-20-28-44(30-31-45-32-34-46(35-33-45)42(49)52-43(5,6)7)29-21-23-37-51-41(48)39(25-15-11-4)27-19-17-13-9-2/h38-39H,8-37H2,1-7H3. The van der Waals surface area contributed by atoms with Gasteiger partial charge in [-0.15, -0.1) is 0 Å². The van der Waals surface area contributed by atoms with E-state index in [9.17, 15) is 14.4 Å². The van der Waals surface area contributed by atoms with E-state index < -0.39 is 5.60 Å². The Labute approximate surface area is 320 Å². The summed E-state index contributed by atoms with van der Waals surface area (Å²) in [6.45, 7) is 22.3. The highest BCUT2D eigenvalue weighted by molar-refractivity contribution is 5.72. The molecule has 1 heterocycles. The first kappa shape index (κ1) is 48.1. The van der Waals surface area contributed by atoms with Crippen molar-refractivity contribution in [3.8, 4) is 0 Å². The number of ether oxygens (including phenoxy) is 3. The summed E-state index contributed by atoms with van der Waals surface area (Å²) in [5.41, 5.74) is -0.485. The van der Waals surface area contributed by atoms with Crippen molar-refractivity contribution in [3.05, 3.63) is 0 Å².